The number of methoxy groups -OCH3 is 2. The molecule has 29 heavy (non-hydrogen) atoms. The topological polar surface area (TPSA) is 51.7 Å². The standard InChI is InChI=1S/C23H24N2O3S/c1-27-20-11-10-17(13-21(20)28-2)23-24-18(15-29-23)14-22(26)25-12-6-5-8-16-7-3-4-9-19(16)25/h3-4,7,9-11,13,15H,5-6,8,12,14H2,1-2H3. The molecule has 4 rings (SSSR count). The largest absolute Gasteiger partial charge is 0.493 e. The van der Waals surface area contributed by atoms with Crippen molar-refractivity contribution in [2.75, 3.05) is 25.7 Å². The zero-order chi connectivity index (χ0) is 20.2. The van der Waals surface area contributed by atoms with Gasteiger partial charge in [0, 0.05) is 23.2 Å². The van der Waals surface area contributed by atoms with Gasteiger partial charge in [-0.2, -0.15) is 0 Å². The van der Waals surface area contributed by atoms with E-state index in [0.717, 1.165) is 47.8 Å². The summed E-state index contributed by atoms with van der Waals surface area (Å²) in [5.41, 5.74) is 4.05. The number of ether oxygens (including phenoxy) is 2. The van der Waals surface area contributed by atoms with E-state index >= 15 is 0 Å². The number of hydrogen-bond acceptors (Lipinski definition) is 5. The predicted octanol–water partition coefficient (Wildman–Crippen LogP) is 4.74. The molecule has 0 N–H and O–H groups in total. The molecule has 0 spiro atoms. The SMILES string of the molecule is COc1ccc(-c2nc(CC(=O)N3CCCCc4ccccc43)cs2)cc1OC. The second-order valence-corrected chi connectivity index (χ2v) is 7.88. The number of thiazole rings is 1. The summed E-state index contributed by atoms with van der Waals surface area (Å²) in [7, 11) is 3.23. The first-order valence-electron chi connectivity index (χ1n) is 9.74. The molecule has 1 aliphatic heterocycles. The van der Waals surface area contributed by atoms with Gasteiger partial charge in [-0.25, -0.2) is 4.98 Å². The quantitative estimate of drug-likeness (QED) is 0.612. The van der Waals surface area contributed by atoms with Crippen molar-refractivity contribution in [3.05, 3.63) is 59.1 Å². The Kier molecular flexibility index (Phi) is 5.81. The van der Waals surface area contributed by atoms with Gasteiger partial charge in [0.1, 0.15) is 5.01 Å². The Morgan fingerprint density at radius 3 is 2.76 bits per heavy atom. The molecule has 6 heteroatoms. The number of nitrogens with zero attached hydrogens (tertiary/aromatic N) is 2. The van der Waals surface area contributed by atoms with Crippen LogP contribution in [0.1, 0.15) is 24.1 Å². The van der Waals surface area contributed by atoms with Gasteiger partial charge in [0.05, 0.1) is 26.3 Å². The van der Waals surface area contributed by atoms with Crippen LogP contribution in [-0.2, 0) is 17.6 Å². The molecule has 0 aliphatic carbocycles. The first-order chi connectivity index (χ1) is 14.2. The van der Waals surface area contributed by atoms with E-state index in [1.807, 2.05) is 40.6 Å². The molecule has 0 saturated heterocycles. The van der Waals surface area contributed by atoms with Crippen LogP contribution in [0.3, 0.4) is 0 Å². The number of anilines is 1. The molecule has 0 saturated carbocycles. The molecule has 1 amide bonds. The van der Waals surface area contributed by atoms with Crippen molar-refractivity contribution in [3.8, 4) is 22.1 Å². The van der Waals surface area contributed by atoms with E-state index in [2.05, 4.69) is 12.1 Å². The van der Waals surface area contributed by atoms with Crippen LogP contribution in [0.5, 0.6) is 11.5 Å². The van der Waals surface area contributed by atoms with E-state index in [1.165, 1.54) is 16.9 Å². The van der Waals surface area contributed by atoms with Crippen LogP contribution in [0.2, 0.25) is 0 Å². The minimum Gasteiger partial charge on any atom is -0.493 e. The molecule has 2 heterocycles. The molecule has 3 aromatic rings. The monoisotopic (exact) mass is 408 g/mol. The van der Waals surface area contributed by atoms with Crippen LogP contribution in [0.4, 0.5) is 5.69 Å². The molecular weight excluding hydrogens is 384 g/mol. The Hall–Kier alpha value is -2.86. The van der Waals surface area contributed by atoms with Crippen LogP contribution < -0.4 is 14.4 Å². The van der Waals surface area contributed by atoms with Gasteiger partial charge in [-0.15, -0.1) is 11.3 Å². The number of rotatable bonds is 5. The summed E-state index contributed by atoms with van der Waals surface area (Å²) in [6.45, 7) is 0.766. The van der Waals surface area contributed by atoms with Crippen LogP contribution in [0.15, 0.2) is 47.8 Å². The Morgan fingerprint density at radius 1 is 1.10 bits per heavy atom. The molecule has 0 radical (unpaired) electrons. The molecule has 0 atom stereocenters. The number of hydrogen-bond donors (Lipinski definition) is 0. The molecule has 0 fully saturated rings. The highest BCUT2D eigenvalue weighted by Gasteiger charge is 2.22. The van der Waals surface area contributed by atoms with Gasteiger partial charge in [-0.1, -0.05) is 18.2 Å². The molecule has 5 nitrogen and oxygen atoms in total. The van der Waals surface area contributed by atoms with Crippen LogP contribution in [-0.4, -0.2) is 31.7 Å². The Bertz CT molecular complexity index is 1010. The fraction of sp³-hybridized carbons (Fsp3) is 0.304. The third kappa shape index (κ3) is 4.12. The minimum atomic E-state index is 0.100. The third-order valence-corrected chi connectivity index (χ3v) is 6.12. The van der Waals surface area contributed by atoms with Crippen molar-refractivity contribution >= 4 is 22.9 Å². The second-order valence-electron chi connectivity index (χ2n) is 7.02. The van der Waals surface area contributed by atoms with Crippen molar-refractivity contribution in [3.63, 3.8) is 0 Å². The van der Waals surface area contributed by atoms with Gasteiger partial charge in [0.15, 0.2) is 11.5 Å². The van der Waals surface area contributed by atoms with E-state index in [1.54, 1.807) is 14.2 Å². The zero-order valence-electron chi connectivity index (χ0n) is 16.7. The highest BCUT2D eigenvalue weighted by molar-refractivity contribution is 7.13. The van der Waals surface area contributed by atoms with Crippen molar-refractivity contribution in [2.24, 2.45) is 0 Å². The van der Waals surface area contributed by atoms with Gasteiger partial charge in [-0.05, 0) is 49.1 Å². The number of para-hydroxylation sites is 1. The summed E-state index contributed by atoms with van der Waals surface area (Å²) in [6, 6.07) is 14.0. The highest BCUT2D eigenvalue weighted by atomic mass is 32.1. The first-order valence-corrected chi connectivity index (χ1v) is 10.6. The molecule has 0 unspecified atom stereocenters. The summed E-state index contributed by atoms with van der Waals surface area (Å²) >= 11 is 1.54. The van der Waals surface area contributed by atoms with E-state index in [9.17, 15) is 4.79 Å². The fourth-order valence-corrected chi connectivity index (χ4v) is 4.51. The average Bonchev–Trinajstić information content (AvgIpc) is 3.10. The summed E-state index contributed by atoms with van der Waals surface area (Å²) in [4.78, 5) is 19.7. The third-order valence-electron chi connectivity index (χ3n) is 5.18. The summed E-state index contributed by atoms with van der Waals surface area (Å²) in [5.74, 6) is 1.45. The lowest BCUT2D eigenvalue weighted by Gasteiger charge is -2.22. The molecule has 1 aromatic heterocycles. The lowest BCUT2D eigenvalue weighted by molar-refractivity contribution is -0.118. The molecule has 2 aromatic carbocycles. The Morgan fingerprint density at radius 2 is 1.93 bits per heavy atom. The number of carbonyl (C=O) groups excluding carboxylic acids is 1. The summed E-state index contributed by atoms with van der Waals surface area (Å²) in [5, 5.41) is 2.83. The maximum Gasteiger partial charge on any atom is 0.233 e. The van der Waals surface area contributed by atoms with E-state index in [4.69, 9.17) is 14.5 Å². The number of aromatic nitrogens is 1. The van der Waals surface area contributed by atoms with Gasteiger partial charge in [-0.3, -0.25) is 4.79 Å². The van der Waals surface area contributed by atoms with Gasteiger partial charge in [0.2, 0.25) is 5.91 Å². The first kappa shape index (κ1) is 19.5. The molecule has 150 valence electrons. The average molecular weight is 409 g/mol. The predicted molar refractivity (Wildman–Crippen MR) is 116 cm³/mol. The van der Waals surface area contributed by atoms with Gasteiger partial charge < -0.3 is 14.4 Å². The Labute approximate surface area is 174 Å². The number of amides is 1. The smallest absolute Gasteiger partial charge is 0.233 e. The highest BCUT2D eigenvalue weighted by Crippen LogP contribution is 2.34. The van der Waals surface area contributed by atoms with Crippen LogP contribution in [0.25, 0.3) is 10.6 Å². The van der Waals surface area contributed by atoms with Crippen molar-refractivity contribution < 1.29 is 14.3 Å². The lowest BCUT2D eigenvalue weighted by Crippen LogP contribution is -2.33. The minimum absolute atomic E-state index is 0.100. The van der Waals surface area contributed by atoms with Crippen LogP contribution in [0, 0.1) is 0 Å². The number of fused-ring (bicyclic) bond motifs is 1. The maximum absolute atomic E-state index is 13.1. The van der Waals surface area contributed by atoms with Gasteiger partial charge >= 0.3 is 0 Å². The van der Waals surface area contributed by atoms with E-state index < -0.39 is 0 Å². The summed E-state index contributed by atoms with van der Waals surface area (Å²) < 4.78 is 10.7. The lowest BCUT2D eigenvalue weighted by atomic mass is 10.1. The maximum atomic E-state index is 13.1. The molecule has 1 aliphatic rings. The number of carbonyl (C=O) groups is 1. The zero-order valence-corrected chi connectivity index (χ0v) is 17.5. The molecular formula is C23H24N2O3S. The second kappa shape index (κ2) is 8.66. The van der Waals surface area contributed by atoms with E-state index in [0.29, 0.717) is 17.9 Å². The van der Waals surface area contributed by atoms with Crippen molar-refractivity contribution in [1.82, 2.24) is 4.98 Å². The van der Waals surface area contributed by atoms with E-state index in [-0.39, 0.29) is 5.91 Å². The van der Waals surface area contributed by atoms with Crippen molar-refractivity contribution in [2.45, 2.75) is 25.7 Å². The number of benzene rings is 2. The van der Waals surface area contributed by atoms with Crippen molar-refractivity contribution in [1.29, 1.82) is 0 Å². The number of aryl methyl sites for hydroxylation is 1. The van der Waals surface area contributed by atoms with Crippen LogP contribution >= 0.6 is 11.3 Å². The van der Waals surface area contributed by atoms with Gasteiger partial charge in [0.25, 0.3) is 0 Å². The fourth-order valence-electron chi connectivity index (χ4n) is 3.69. The summed E-state index contributed by atoms with van der Waals surface area (Å²) in [6.07, 6.45) is 3.47. The molecule has 0 bridgehead atoms. The normalized spacial score (nSPS) is 13.5. The Balaban J connectivity index is 1.53.